The van der Waals surface area contributed by atoms with Crippen LogP contribution in [-0.4, -0.2) is 61.0 Å². The predicted octanol–water partition coefficient (Wildman–Crippen LogP) is 2.13. The van der Waals surface area contributed by atoms with Crippen molar-refractivity contribution in [1.29, 1.82) is 0 Å². The predicted molar refractivity (Wildman–Crippen MR) is 87.5 cm³/mol. The second-order valence-electron chi connectivity index (χ2n) is 5.50. The van der Waals surface area contributed by atoms with Crippen molar-refractivity contribution in [3.63, 3.8) is 0 Å². The van der Waals surface area contributed by atoms with Gasteiger partial charge in [-0.3, -0.25) is 9.69 Å². The molecule has 1 unspecified atom stereocenters. The monoisotopic (exact) mass is 305 g/mol. The zero-order valence-electron chi connectivity index (χ0n) is 13.4. The van der Waals surface area contributed by atoms with Crippen LogP contribution in [0.3, 0.4) is 0 Å². The van der Waals surface area contributed by atoms with Crippen molar-refractivity contribution in [3.8, 4) is 0 Å². The van der Waals surface area contributed by atoms with E-state index in [0.717, 1.165) is 52.0 Å². The average molecular weight is 306 g/mol. The quantitative estimate of drug-likeness (QED) is 0.709. The minimum absolute atomic E-state index is 0. The number of amides is 1. The van der Waals surface area contributed by atoms with Crippen LogP contribution in [0.2, 0.25) is 0 Å². The van der Waals surface area contributed by atoms with E-state index in [9.17, 15) is 4.79 Å². The molecule has 1 N–H and O–H groups in total. The van der Waals surface area contributed by atoms with Gasteiger partial charge in [-0.2, -0.15) is 0 Å². The largest absolute Gasteiger partial charge is 0.342 e. The zero-order valence-corrected chi connectivity index (χ0v) is 14.2. The summed E-state index contributed by atoms with van der Waals surface area (Å²) in [5, 5.41) is 3.40. The van der Waals surface area contributed by atoms with Crippen molar-refractivity contribution >= 4 is 18.3 Å². The van der Waals surface area contributed by atoms with E-state index in [2.05, 4.69) is 31.0 Å². The number of nitrogens with zero attached hydrogens (tertiary/aromatic N) is 2. The summed E-state index contributed by atoms with van der Waals surface area (Å²) in [6.07, 6.45) is 4.38. The molecule has 4 nitrogen and oxygen atoms in total. The molecule has 20 heavy (non-hydrogen) atoms. The van der Waals surface area contributed by atoms with Gasteiger partial charge in [0.25, 0.3) is 0 Å². The summed E-state index contributed by atoms with van der Waals surface area (Å²) in [5.41, 5.74) is 0. The highest BCUT2D eigenvalue weighted by Gasteiger charge is 2.24. The average Bonchev–Trinajstić information content (AvgIpc) is 2.91. The molecule has 0 aliphatic carbocycles. The fourth-order valence-electron chi connectivity index (χ4n) is 2.80. The van der Waals surface area contributed by atoms with Gasteiger partial charge in [0.1, 0.15) is 0 Å². The molecule has 1 atom stereocenters. The van der Waals surface area contributed by atoms with E-state index in [1.807, 2.05) is 4.90 Å². The summed E-state index contributed by atoms with van der Waals surface area (Å²) in [6.45, 7) is 12.0. The van der Waals surface area contributed by atoms with Gasteiger partial charge < -0.3 is 10.2 Å². The first kappa shape index (κ1) is 19.7. The molecule has 1 aliphatic heterocycles. The number of rotatable bonds is 9. The first-order valence-electron chi connectivity index (χ1n) is 7.95. The molecule has 0 spiro atoms. The number of hydrogen-bond acceptors (Lipinski definition) is 3. The Morgan fingerprint density at radius 1 is 1.10 bits per heavy atom. The molecular weight excluding hydrogens is 274 g/mol. The molecule has 1 fully saturated rings. The molecule has 1 amide bonds. The smallest absolute Gasteiger partial charge is 0.236 e. The molecule has 1 heterocycles. The van der Waals surface area contributed by atoms with Crippen molar-refractivity contribution in [2.24, 2.45) is 0 Å². The Morgan fingerprint density at radius 2 is 1.70 bits per heavy atom. The molecule has 0 aromatic rings. The Bertz CT molecular complexity index is 252. The Morgan fingerprint density at radius 3 is 2.15 bits per heavy atom. The van der Waals surface area contributed by atoms with Crippen molar-refractivity contribution < 1.29 is 4.79 Å². The van der Waals surface area contributed by atoms with Gasteiger partial charge in [0.05, 0.1) is 6.54 Å². The van der Waals surface area contributed by atoms with E-state index in [1.165, 1.54) is 6.42 Å². The molecule has 0 bridgehead atoms. The summed E-state index contributed by atoms with van der Waals surface area (Å²) < 4.78 is 0. The van der Waals surface area contributed by atoms with Gasteiger partial charge in [0.2, 0.25) is 5.91 Å². The van der Waals surface area contributed by atoms with Gasteiger partial charge in [-0.25, -0.2) is 0 Å². The van der Waals surface area contributed by atoms with Crippen LogP contribution in [-0.2, 0) is 4.79 Å². The Labute approximate surface area is 130 Å². The normalized spacial score (nSPS) is 18.1. The van der Waals surface area contributed by atoms with E-state index >= 15 is 0 Å². The Kier molecular flexibility index (Phi) is 11.2. The van der Waals surface area contributed by atoms with E-state index in [-0.39, 0.29) is 12.4 Å². The Balaban J connectivity index is 0.00000361. The fraction of sp³-hybridized carbons (Fsp3) is 0.933. The summed E-state index contributed by atoms with van der Waals surface area (Å²) in [4.78, 5) is 16.8. The number of halogens is 1. The van der Waals surface area contributed by atoms with Gasteiger partial charge >= 0.3 is 0 Å². The third kappa shape index (κ3) is 6.42. The van der Waals surface area contributed by atoms with Crippen molar-refractivity contribution in [1.82, 2.24) is 15.1 Å². The van der Waals surface area contributed by atoms with E-state index in [1.54, 1.807) is 0 Å². The molecule has 1 rings (SSSR count). The second-order valence-corrected chi connectivity index (χ2v) is 5.50. The summed E-state index contributed by atoms with van der Waals surface area (Å²) in [7, 11) is 0. The topological polar surface area (TPSA) is 35.6 Å². The standard InChI is InChI=1S/C15H31N3O.ClH/c1-4-9-17(10-5-2)15(19)13-18(11-6-3)14-7-8-16-12-14;/h14,16H,4-13H2,1-3H3;1H. The van der Waals surface area contributed by atoms with Crippen LogP contribution in [0.4, 0.5) is 0 Å². The number of hydrogen-bond donors (Lipinski definition) is 1. The van der Waals surface area contributed by atoms with Crippen LogP contribution in [0.25, 0.3) is 0 Å². The van der Waals surface area contributed by atoms with Crippen LogP contribution in [0.5, 0.6) is 0 Å². The minimum Gasteiger partial charge on any atom is -0.342 e. The lowest BCUT2D eigenvalue weighted by Gasteiger charge is -2.30. The van der Waals surface area contributed by atoms with Crippen molar-refractivity contribution in [2.45, 2.75) is 52.5 Å². The van der Waals surface area contributed by atoms with E-state index in [0.29, 0.717) is 18.5 Å². The van der Waals surface area contributed by atoms with Gasteiger partial charge in [-0.15, -0.1) is 12.4 Å². The fourth-order valence-corrected chi connectivity index (χ4v) is 2.80. The van der Waals surface area contributed by atoms with Gasteiger partial charge in [-0.05, 0) is 38.8 Å². The molecule has 0 radical (unpaired) electrons. The maximum atomic E-state index is 12.4. The number of carbonyl (C=O) groups is 1. The van der Waals surface area contributed by atoms with Crippen LogP contribution < -0.4 is 5.32 Å². The molecular formula is C15H32ClN3O. The number of carbonyl (C=O) groups excluding carboxylic acids is 1. The molecule has 1 saturated heterocycles. The SMILES string of the molecule is CCCN(CCC)C(=O)CN(CCC)C1CCNC1.Cl. The summed E-state index contributed by atoms with van der Waals surface area (Å²) in [5.74, 6) is 0.309. The molecule has 0 aromatic heterocycles. The highest BCUT2D eigenvalue weighted by atomic mass is 35.5. The third-order valence-electron chi connectivity index (χ3n) is 3.74. The van der Waals surface area contributed by atoms with Gasteiger partial charge in [0.15, 0.2) is 0 Å². The summed E-state index contributed by atoms with van der Waals surface area (Å²) >= 11 is 0. The molecule has 5 heteroatoms. The molecule has 1 aliphatic rings. The highest BCUT2D eigenvalue weighted by molar-refractivity contribution is 5.85. The summed E-state index contributed by atoms with van der Waals surface area (Å²) in [6, 6.07) is 0.550. The minimum atomic E-state index is 0. The van der Waals surface area contributed by atoms with Gasteiger partial charge in [-0.1, -0.05) is 20.8 Å². The lowest BCUT2D eigenvalue weighted by atomic mass is 10.2. The highest BCUT2D eigenvalue weighted by Crippen LogP contribution is 2.10. The molecule has 120 valence electrons. The maximum absolute atomic E-state index is 12.4. The van der Waals surface area contributed by atoms with Gasteiger partial charge in [0, 0.05) is 25.7 Å². The maximum Gasteiger partial charge on any atom is 0.236 e. The van der Waals surface area contributed by atoms with E-state index in [4.69, 9.17) is 0 Å². The van der Waals surface area contributed by atoms with Crippen LogP contribution in [0, 0.1) is 0 Å². The van der Waals surface area contributed by atoms with Crippen molar-refractivity contribution in [3.05, 3.63) is 0 Å². The number of nitrogens with one attached hydrogen (secondary N) is 1. The molecule has 0 aromatic carbocycles. The van der Waals surface area contributed by atoms with Crippen LogP contribution in [0.1, 0.15) is 46.5 Å². The zero-order chi connectivity index (χ0) is 14.1. The van der Waals surface area contributed by atoms with Crippen LogP contribution in [0.15, 0.2) is 0 Å². The van der Waals surface area contributed by atoms with Crippen LogP contribution >= 0.6 is 12.4 Å². The lowest BCUT2D eigenvalue weighted by Crippen LogP contribution is -2.46. The Hall–Kier alpha value is -0.320. The first-order valence-corrected chi connectivity index (χ1v) is 7.95. The lowest BCUT2D eigenvalue weighted by molar-refractivity contribution is -0.133. The molecule has 0 saturated carbocycles. The second kappa shape index (κ2) is 11.4. The third-order valence-corrected chi connectivity index (χ3v) is 3.74. The first-order chi connectivity index (χ1) is 9.22. The van der Waals surface area contributed by atoms with E-state index < -0.39 is 0 Å². The van der Waals surface area contributed by atoms with Crippen molar-refractivity contribution in [2.75, 3.05) is 39.3 Å².